The van der Waals surface area contributed by atoms with Crippen LogP contribution in [0.15, 0.2) is 12.1 Å². The van der Waals surface area contributed by atoms with Crippen molar-refractivity contribution in [1.29, 1.82) is 0 Å². The first-order valence-electron chi connectivity index (χ1n) is 9.03. The first kappa shape index (κ1) is 19.4. The lowest BCUT2D eigenvalue weighted by molar-refractivity contribution is -0.929. The second-order valence-corrected chi connectivity index (χ2v) is 6.38. The van der Waals surface area contributed by atoms with Crippen LogP contribution < -0.4 is 19.1 Å². The van der Waals surface area contributed by atoms with Crippen LogP contribution in [0.5, 0.6) is 17.2 Å². The Morgan fingerprint density at radius 1 is 1.04 bits per heavy atom. The van der Waals surface area contributed by atoms with Crippen molar-refractivity contribution in [3.63, 3.8) is 0 Å². The van der Waals surface area contributed by atoms with E-state index in [1.165, 1.54) is 12.8 Å². The summed E-state index contributed by atoms with van der Waals surface area (Å²) in [5.41, 5.74) is 0.570. The van der Waals surface area contributed by atoms with Crippen LogP contribution in [0.3, 0.4) is 0 Å². The van der Waals surface area contributed by atoms with Crippen LogP contribution in [0.2, 0.25) is 0 Å². The molecule has 1 aromatic rings. The van der Waals surface area contributed by atoms with E-state index in [0.29, 0.717) is 28.9 Å². The van der Waals surface area contributed by atoms with Gasteiger partial charge in [-0.25, -0.2) is 0 Å². The predicted octanol–water partition coefficient (Wildman–Crippen LogP) is 1.24. The molecule has 1 heterocycles. The molecule has 1 aliphatic heterocycles. The van der Waals surface area contributed by atoms with Gasteiger partial charge in [-0.2, -0.15) is 0 Å². The number of carbonyl (C=O) groups is 1. The van der Waals surface area contributed by atoms with Crippen molar-refractivity contribution >= 4 is 5.91 Å². The highest BCUT2D eigenvalue weighted by molar-refractivity contribution is 5.95. The van der Waals surface area contributed by atoms with Gasteiger partial charge in [0.25, 0.3) is 5.91 Å². The molecule has 1 fully saturated rings. The summed E-state index contributed by atoms with van der Waals surface area (Å²) in [4.78, 5) is 16.4. The Morgan fingerprint density at radius 3 is 1.96 bits per heavy atom. The van der Waals surface area contributed by atoms with E-state index in [0.717, 1.165) is 26.2 Å². The SMILES string of the molecule is CCC(CC)[NH+]1CCN(C(=O)c2cc(OC)c(OC)c(OC)c2)CC1. The summed E-state index contributed by atoms with van der Waals surface area (Å²) in [6.45, 7) is 8.05. The Balaban J connectivity index is 2.14. The number of amides is 1. The molecule has 0 atom stereocenters. The van der Waals surface area contributed by atoms with Gasteiger partial charge < -0.3 is 24.0 Å². The minimum Gasteiger partial charge on any atom is -0.493 e. The largest absolute Gasteiger partial charge is 0.493 e. The number of rotatable bonds is 7. The molecule has 6 heteroatoms. The summed E-state index contributed by atoms with van der Waals surface area (Å²) < 4.78 is 16.0. The van der Waals surface area contributed by atoms with E-state index < -0.39 is 0 Å². The topological polar surface area (TPSA) is 52.4 Å². The molecule has 0 bridgehead atoms. The number of methoxy groups -OCH3 is 3. The van der Waals surface area contributed by atoms with Gasteiger partial charge in [0.15, 0.2) is 11.5 Å². The van der Waals surface area contributed by atoms with Gasteiger partial charge in [-0.15, -0.1) is 0 Å². The monoisotopic (exact) mass is 351 g/mol. The molecule has 1 aliphatic rings. The lowest BCUT2D eigenvalue weighted by Crippen LogP contribution is -3.18. The molecule has 25 heavy (non-hydrogen) atoms. The number of nitrogens with zero attached hydrogens (tertiary/aromatic N) is 1. The number of ether oxygens (including phenoxy) is 3. The first-order chi connectivity index (χ1) is 12.1. The Hall–Kier alpha value is -1.95. The Kier molecular flexibility index (Phi) is 6.93. The van der Waals surface area contributed by atoms with Crippen LogP contribution in [-0.2, 0) is 0 Å². The van der Waals surface area contributed by atoms with E-state index in [1.807, 2.05) is 4.90 Å². The molecule has 1 amide bonds. The molecule has 0 radical (unpaired) electrons. The van der Waals surface area contributed by atoms with Crippen LogP contribution in [0.1, 0.15) is 37.0 Å². The average molecular weight is 351 g/mol. The molecular formula is C19H31N2O4+. The van der Waals surface area contributed by atoms with Crippen LogP contribution in [0, 0.1) is 0 Å². The molecular weight excluding hydrogens is 320 g/mol. The summed E-state index contributed by atoms with van der Waals surface area (Å²) in [5.74, 6) is 1.53. The van der Waals surface area contributed by atoms with E-state index in [4.69, 9.17) is 14.2 Å². The fraction of sp³-hybridized carbons (Fsp3) is 0.632. The zero-order valence-corrected chi connectivity index (χ0v) is 16.1. The fourth-order valence-corrected chi connectivity index (χ4v) is 3.66. The molecule has 2 rings (SSSR count). The van der Waals surface area contributed by atoms with Crippen LogP contribution >= 0.6 is 0 Å². The van der Waals surface area contributed by atoms with Gasteiger partial charge >= 0.3 is 0 Å². The maximum Gasteiger partial charge on any atom is 0.254 e. The summed E-state index contributed by atoms with van der Waals surface area (Å²) in [6, 6.07) is 4.14. The standard InChI is InChI=1S/C19H30N2O4/c1-6-15(7-2)20-8-10-21(11-9-20)19(22)14-12-16(23-3)18(25-5)17(13-14)24-4/h12-13,15H,6-11H2,1-5H3/p+1. The first-order valence-corrected chi connectivity index (χ1v) is 9.03. The van der Waals surface area contributed by atoms with Crippen molar-refractivity contribution in [3.8, 4) is 17.2 Å². The van der Waals surface area contributed by atoms with Crippen molar-refractivity contribution < 1.29 is 23.9 Å². The van der Waals surface area contributed by atoms with Gasteiger partial charge in [-0.1, -0.05) is 13.8 Å². The van der Waals surface area contributed by atoms with Crippen LogP contribution in [0.25, 0.3) is 0 Å². The molecule has 0 unspecified atom stereocenters. The van der Waals surface area contributed by atoms with E-state index in [1.54, 1.807) is 38.4 Å². The lowest BCUT2D eigenvalue weighted by Gasteiger charge is -2.36. The maximum absolute atomic E-state index is 12.9. The summed E-state index contributed by atoms with van der Waals surface area (Å²) >= 11 is 0. The van der Waals surface area contributed by atoms with Gasteiger partial charge in [0.1, 0.15) is 0 Å². The van der Waals surface area contributed by atoms with Crippen LogP contribution in [-0.4, -0.2) is 64.4 Å². The Labute approximate surface area is 150 Å². The predicted molar refractivity (Wildman–Crippen MR) is 97.1 cm³/mol. The van der Waals surface area contributed by atoms with Crippen molar-refractivity contribution in [2.45, 2.75) is 32.7 Å². The third-order valence-electron chi connectivity index (χ3n) is 5.17. The van der Waals surface area contributed by atoms with Gasteiger partial charge in [-0.3, -0.25) is 4.79 Å². The van der Waals surface area contributed by atoms with Crippen molar-refractivity contribution in [1.82, 2.24) is 4.90 Å². The summed E-state index contributed by atoms with van der Waals surface area (Å²) in [5, 5.41) is 0. The molecule has 0 spiro atoms. The highest BCUT2D eigenvalue weighted by Crippen LogP contribution is 2.38. The zero-order valence-electron chi connectivity index (χ0n) is 16.1. The number of piperazine rings is 1. The van der Waals surface area contributed by atoms with Gasteiger partial charge in [0.05, 0.1) is 53.6 Å². The van der Waals surface area contributed by atoms with Gasteiger partial charge in [0.2, 0.25) is 5.75 Å². The Morgan fingerprint density at radius 2 is 1.56 bits per heavy atom. The highest BCUT2D eigenvalue weighted by atomic mass is 16.5. The molecule has 1 saturated heterocycles. The maximum atomic E-state index is 12.9. The second kappa shape index (κ2) is 8.94. The van der Waals surface area contributed by atoms with Crippen molar-refractivity contribution in [2.75, 3.05) is 47.5 Å². The number of hydrogen-bond donors (Lipinski definition) is 1. The third-order valence-corrected chi connectivity index (χ3v) is 5.17. The number of quaternary nitrogens is 1. The van der Waals surface area contributed by atoms with Crippen molar-refractivity contribution in [2.24, 2.45) is 0 Å². The minimum absolute atomic E-state index is 0.0165. The normalized spacial score (nSPS) is 15.4. The molecule has 0 aliphatic carbocycles. The fourth-order valence-electron chi connectivity index (χ4n) is 3.66. The number of carbonyl (C=O) groups excluding carboxylic acids is 1. The zero-order chi connectivity index (χ0) is 18.4. The van der Waals surface area contributed by atoms with Gasteiger partial charge in [0, 0.05) is 5.56 Å². The number of benzene rings is 1. The van der Waals surface area contributed by atoms with Gasteiger partial charge in [-0.05, 0) is 25.0 Å². The number of hydrogen-bond acceptors (Lipinski definition) is 4. The molecule has 1 aromatic carbocycles. The molecule has 140 valence electrons. The van der Waals surface area contributed by atoms with Crippen LogP contribution in [0.4, 0.5) is 0 Å². The summed E-state index contributed by atoms with van der Waals surface area (Å²) in [7, 11) is 4.67. The molecule has 0 aromatic heterocycles. The highest BCUT2D eigenvalue weighted by Gasteiger charge is 2.29. The average Bonchev–Trinajstić information content (AvgIpc) is 2.67. The van der Waals surface area contributed by atoms with E-state index in [2.05, 4.69) is 13.8 Å². The van der Waals surface area contributed by atoms with E-state index in [-0.39, 0.29) is 5.91 Å². The lowest BCUT2D eigenvalue weighted by atomic mass is 10.1. The molecule has 6 nitrogen and oxygen atoms in total. The minimum atomic E-state index is 0.0165. The second-order valence-electron chi connectivity index (χ2n) is 6.38. The molecule has 0 saturated carbocycles. The number of nitrogens with one attached hydrogen (secondary N) is 1. The quantitative estimate of drug-likeness (QED) is 0.803. The Bertz CT molecular complexity index is 554. The smallest absolute Gasteiger partial charge is 0.254 e. The molecule has 1 N–H and O–H groups in total. The van der Waals surface area contributed by atoms with E-state index in [9.17, 15) is 4.79 Å². The van der Waals surface area contributed by atoms with Crippen molar-refractivity contribution in [3.05, 3.63) is 17.7 Å². The van der Waals surface area contributed by atoms with E-state index >= 15 is 0 Å². The summed E-state index contributed by atoms with van der Waals surface area (Å²) in [6.07, 6.45) is 2.37. The third kappa shape index (κ3) is 4.18.